The number of fused-ring (bicyclic) bond motifs is 1. The van der Waals surface area contributed by atoms with E-state index in [-0.39, 0.29) is 0 Å². The lowest BCUT2D eigenvalue weighted by molar-refractivity contribution is 0.475. The molecule has 2 aromatic rings. The molecule has 1 heterocycles. The van der Waals surface area contributed by atoms with Crippen LogP contribution in [0, 0.1) is 0 Å². The molecule has 1 aliphatic carbocycles. The van der Waals surface area contributed by atoms with Crippen molar-refractivity contribution in [2.45, 2.75) is 58.2 Å². The fraction of sp³-hybridized carbons (Fsp3) is 0.529. The van der Waals surface area contributed by atoms with Crippen LogP contribution in [0.3, 0.4) is 0 Å². The lowest BCUT2D eigenvalue weighted by Crippen LogP contribution is -2.26. The summed E-state index contributed by atoms with van der Waals surface area (Å²) in [7, 11) is 0. The number of benzene rings is 1. The first-order chi connectivity index (χ1) is 9.65. The first-order valence-electron chi connectivity index (χ1n) is 7.71. The number of phenolic OH excluding ortho intramolecular Hbond substituents is 1. The summed E-state index contributed by atoms with van der Waals surface area (Å²) in [6.07, 6.45) is 5.34. The monoisotopic (exact) mass is 272 g/mol. The molecule has 1 aromatic heterocycles. The number of hydrogen-bond donors (Lipinski definition) is 2. The van der Waals surface area contributed by atoms with E-state index < -0.39 is 0 Å². The first kappa shape index (κ1) is 13.5. The molecule has 0 unspecified atom stereocenters. The average molecular weight is 272 g/mol. The second kappa shape index (κ2) is 5.49. The van der Waals surface area contributed by atoms with Crippen molar-refractivity contribution in [3.05, 3.63) is 30.0 Å². The molecule has 1 fully saturated rings. The third-order valence-electron chi connectivity index (χ3n) is 4.35. The van der Waals surface area contributed by atoms with Crippen molar-refractivity contribution in [1.29, 1.82) is 0 Å². The summed E-state index contributed by atoms with van der Waals surface area (Å²) in [6, 6.07) is 8.96. The first-order valence-corrected chi connectivity index (χ1v) is 7.71. The summed E-state index contributed by atoms with van der Waals surface area (Å²) in [5.74, 6) is 0.341. The van der Waals surface area contributed by atoms with Gasteiger partial charge in [0.25, 0.3) is 0 Å². The van der Waals surface area contributed by atoms with E-state index in [1.165, 1.54) is 36.8 Å². The highest BCUT2D eigenvalue weighted by molar-refractivity contribution is 5.83. The maximum absolute atomic E-state index is 9.72. The zero-order valence-corrected chi connectivity index (χ0v) is 12.4. The molecule has 1 aromatic carbocycles. The van der Waals surface area contributed by atoms with Crippen LogP contribution in [0.1, 0.15) is 51.3 Å². The number of hydrogen-bond acceptors (Lipinski definition) is 2. The van der Waals surface area contributed by atoms with Gasteiger partial charge in [-0.3, -0.25) is 0 Å². The van der Waals surface area contributed by atoms with Gasteiger partial charge in [-0.05, 0) is 44.9 Å². The topological polar surface area (TPSA) is 37.2 Å². The Morgan fingerprint density at radius 2 is 2.00 bits per heavy atom. The second-order valence-electron chi connectivity index (χ2n) is 6.20. The zero-order valence-electron chi connectivity index (χ0n) is 12.4. The normalized spacial score (nSPS) is 16.6. The Morgan fingerprint density at radius 1 is 1.25 bits per heavy atom. The fourth-order valence-corrected chi connectivity index (χ4v) is 3.39. The van der Waals surface area contributed by atoms with Gasteiger partial charge in [-0.2, -0.15) is 0 Å². The van der Waals surface area contributed by atoms with Crippen molar-refractivity contribution in [3.63, 3.8) is 0 Å². The number of nitrogens with one attached hydrogen (secondary N) is 1. The lowest BCUT2D eigenvalue weighted by Gasteiger charge is -2.17. The smallest absolute Gasteiger partial charge is 0.117 e. The van der Waals surface area contributed by atoms with Gasteiger partial charge in [0.1, 0.15) is 5.75 Å². The second-order valence-corrected chi connectivity index (χ2v) is 6.20. The van der Waals surface area contributed by atoms with Gasteiger partial charge >= 0.3 is 0 Å². The van der Waals surface area contributed by atoms with Crippen LogP contribution in [0.5, 0.6) is 5.75 Å². The van der Waals surface area contributed by atoms with Crippen molar-refractivity contribution in [1.82, 2.24) is 9.88 Å². The minimum atomic E-state index is 0.341. The predicted molar refractivity (Wildman–Crippen MR) is 83.1 cm³/mol. The van der Waals surface area contributed by atoms with E-state index in [0.29, 0.717) is 17.8 Å². The quantitative estimate of drug-likeness (QED) is 0.884. The molecular weight excluding hydrogens is 248 g/mol. The van der Waals surface area contributed by atoms with Crippen molar-refractivity contribution in [2.24, 2.45) is 0 Å². The SMILES string of the molecule is CC(C)n1c(CNC2CCCC2)cc2ccc(O)cc21. The molecule has 0 amide bonds. The van der Waals surface area contributed by atoms with Crippen LogP contribution >= 0.6 is 0 Å². The molecule has 3 rings (SSSR count). The van der Waals surface area contributed by atoms with Crippen LogP contribution in [0.2, 0.25) is 0 Å². The highest BCUT2D eigenvalue weighted by atomic mass is 16.3. The maximum Gasteiger partial charge on any atom is 0.117 e. The minimum Gasteiger partial charge on any atom is -0.508 e. The van der Waals surface area contributed by atoms with E-state index in [4.69, 9.17) is 0 Å². The molecule has 0 bridgehead atoms. The third-order valence-corrected chi connectivity index (χ3v) is 4.35. The molecule has 0 aliphatic heterocycles. The summed E-state index contributed by atoms with van der Waals surface area (Å²) in [5, 5.41) is 14.6. The van der Waals surface area contributed by atoms with E-state index >= 15 is 0 Å². The zero-order chi connectivity index (χ0) is 14.1. The van der Waals surface area contributed by atoms with E-state index in [0.717, 1.165) is 12.1 Å². The van der Waals surface area contributed by atoms with Crippen LogP contribution in [0.4, 0.5) is 0 Å². The Morgan fingerprint density at radius 3 is 2.70 bits per heavy atom. The van der Waals surface area contributed by atoms with Gasteiger partial charge < -0.3 is 15.0 Å². The van der Waals surface area contributed by atoms with Crippen molar-refractivity contribution in [2.75, 3.05) is 0 Å². The van der Waals surface area contributed by atoms with E-state index in [9.17, 15) is 5.11 Å². The summed E-state index contributed by atoms with van der Waals surface area (Å²) in [6.45, 7) is 5.31. The van der Waals surface area contributed by atoms with Gasteiger partial charge in [0.05, 0.1) is 5.52 Å². The van der Waals surface area contributed by atoms with E-state index in [1.807, 2.05) is 12.1 Å². The number of aromatic nitrogens is 1. The van der Waals surface area contributed by atoms with Gasteiger partial charge in [-0.15, -0.1) is 0 Å². The highest BCUT2D eigenvalue weighted by Gasteiger charge is 2.16. The van der Waals surface area contributed by atoms with Crippen molar-refractivity contribution >= 4 is 10.9 Å². The molecule has 0 radical (unpaired) electrons. The third kappa shape index (κ3) is 2.55. The molecule has 2 N–H and O–H groups in total. The largest absolute Gasteiger partial charge is 0.508 e. The molecule has 0 saturated heterocycles. The molecule has 1 aliphatic rings. The number of nitrogens with zero attached hydrogens (tertiary/aromatic N) is 1. The van der Waals surface area contributed by atoms with Crippen LogP contribution in [0.25, 0.3) is 10.9 Å². The number of phenols is 1. The van der Waals surface area contributed by atoms with E-state index in [2.05, 4.69) is 29.8 Å². The summed E-state index contributed by atoms with van der Waals surface area (Å²) >= 11 is 0. The summed E-state index contributed by atoms with van der Waals surface area (Å²) in [4.78, 5) is 0. The highest BCUT2D eigenvalue weighted by Crippen LogP contribution is 2.27. The molecule has 3 nitrogen and oxygen atoms in total. The Bertz CT molecular complexity index is 594. The standard InChI is InChI=1S/C17H24N2O/c1-12(2)19-15(11-18-14-5-3-4-6-14)9-13-7-8-16(20)10-17(13)19/h7-10,12,14,18,20H,3-6,11H2,1-2H3. The molecule has 0 atom stereocenters. The maximum atomic E-state index is 9.72. The summed E-state index contributed by atoms with van der Waals surface area (Å²) < 4.78 is 2.33. The molecule has 20 heavy (non-hydrogen) atoms. The average Bonchev–Trinajstić information content (AvgIpc) is 3.02. The van der Waals surface area contributed by atoms with Crippen LogP contribution in [0.15, 0.2) is 24.3 Å². The van der Waals surface area contributed by atoms with E-state index in [1.54, 1.807) is 6.07 Å². The van der Waals surface area contributed by atoms with Crippen LogP contribution in [-0.4, -0.2) is 15.7 Å². The predicted octanol–water partition coefficient (Wildman–Crippen LogP) is 3.96. The molecule has 108 valence electrons. The lowest BCUT2D eigenvalue weighted by atomic mass is 10.2. The van der Waals surface area contributed by atoms with Gasteiger partial charge in [-0.25, -0.2) is 0 Å². The molecule has 1 saturated carbocycles. The minimum absolute atomic E-state index is 0.341. The van der Waals surface area contributed by atoms with Gasteiger partial charge in [0, 0.05) is 35.8 Å². The fourth-order valence-electron chi connectivity index (χ4n) is 3.39. The molecular formula is C17H24N2O. The number of aromatic hydroxyl groups is 1. The Kier molecular flexibility index (Phi) is 3.70. The Labute approximate surface area is 120 Å². The summed E-state index contributed by atoms with van der Waals surface area (Å²) in [5.41, 5.74) is 2.44. The van der Waals surface area contributed by atoms with Crippen molar-refractivity contribution < 1.29 is 5.11 Å². The van der Waals surface area contributed by atoms with Crippen LogP contribution in [-0.2, 0) is 6.54 Å². The Balaban J connectivity index is 1.90. The molecule has 0 spiro atoms. The van der Waals surface area contributed by atoms with Gasteiger partial charge in [0.2, 0.25) is 0 Å². The van der Waals surface area contributed by atoms with Crippen LogP contribution < -0.4 is 5.32 Å². The Hall–Kier alpha value is -1.48. The van der Waals surface area contributed by atoms with Gasteiger partial charge in [0.15, 0.2) is 0 Å². The number of rotatable bonds is 4. The van der Waals surface area contributed by atoms with Crippen molar-refractivity contribution in [3.8, 4) is 5.75 Å². The molecule has 3 heteroatoms. The van der Waals surface area contributed by atoms with Gasteiger partial charge in [-0.1, -0.05) is 12.8 Å².